The van der Waals surface area contributed by atoms with E-state index in [1.807, 2.05) is 6.07 Å². The summed E-state index contributed by atoms with van der Waals surface area (Å²) in [5.74, 6) is -1.89. The fourth-order valence-corrected chi connectivity index (χ4v) is 8.94. The van der Waals surface area contributed by atoms with Crippen LogP contribution in [-0.2, 0) is 29.1 Å². The van der Waals surface area contributed by atoms with Crippen LogP contribution in [0.25, 0.3) is 10.8 Å². The van der Waals surface area contributed by atoms with E-state index in [4.69, 9.17) is 14.2 Å². The van der Waals surface area contributed by atoms with Crippen LogP contribution in [0.5, 0.6) is 11.6 Å². The van der Waals surface area contributed by atoms with Gasteiger partial charge in [-0.15, -0.1) is 17.9 Å². The Kier molecular flexibility index (Phi) is 11.1. The monoisotopic (exact) mass is 770 g/mol. The number of thiazole rings is 1. The molecule has 1 aromatic carbocycles. The topological polar surface area (TPSA) is 195 Å². The average Bonchev–Trinajstić information content (AvgIpc) is 3.43. The van der Waals surface area contributed by atoms with Gasteiger partial charge in [0, 0.05) is 23.9 Å². The Labute approximate surface area is 312 Å². The fourth-order valence-electron chi connectivity index (χ4n) is 6.42. The predicted octanol–water partition coefficient (Wildman–Crippen LogP) is 3.78. The number of aryl methyl sites for hydroxylation is 2. The smallest absolute Gasteiger partial charge is 0.408 e. The second kappa shape index (κ2) is 14.9. The number of benzene rings is 1. The number of alkyl carbamates (subject to hydrolysis) is 1. The van der Waals surface area contributed by atoms with Gasteiger partial charge >= 0.3 is 6.09 Å². The van der Waals surface area contributed by atoms with Crippen LogP contribution in [0.15, 0.2) is 47.3 Å². The van der Waals surface area contributed by atoms with E-state index in [9.17, 15) is 27.6 Å². The first-order chi connectivity index (χ1) is 24.8. The highest BCUT2D eigenvalue weighted by Crippen LogP contribution is 2.45. The van der Waals surface area contributed by atoms with E-state index < -0.39 is 75.0 Å². The van der Waals surface area contributed by atoms with E-state index in [1.165, 1.54) is 17.9 Å². The van der Waals surface area contributed by atoms with Gasteiger partial charge in [-0.05, 0) is 69.2 Å². The zero-order valence-corrected chi connectivity index (χ0v) is 32.6. The molecule has 0 bridgehead atoms. The Bertz CT molecular complexity index is 2040. The number of rotatable bonds is 12. The van der Waals surface area contributed by atoms with Gasteiger partial charge in [0.2, 0.25) is 17.7 Å². The number of hydrogen-bond donors (Lipinski definition) is 3. The second-order valence-corrected chi connectivity index (χ2v) is 17.7. The van der Waals surface area contributed by atoms with Gasteiger partial charge in [-0.25, -0.2) is 27.9 Å². The third-order valence-corrected chi connectivity index (χ3v) is 12.2. The minimum Gasteiger partial charge on any atom is -0.497 e. The number of carbonyl (C=O) groups excluding carboxylic acids is 4. The summed E-state index contributed by atoms with van der Waals surface area (Å²) in [6.45, 7) is 15.5. The molecule has 1 aliphatic heterocycles. The molecule has 1 aliphatic carbocycles. The Morgan fingerprint density at radius 3 is 2.45 bits per heavy atom. The van der Waals surface area contributed by atoms with Crippen LogP contribution in [0.4, 0.5) is 4.79 Å². The molecule has 4 amide bonds. The first kappa shape index (κ1) is 39.4. The van der Waals surface area contributed by atoms with Crippen LogP contribution in [0.1, 0.15) is 58.2 Å². The van der Waals surface area contributed by atoms with Gasteiger partial charge < -0.3 is 29.7 Å². The minimum absolute atomic E-state index is 0.00676. The number of aromatic nitrogens is 2. The molecule has 3 heterocycles. The zero-order chi connectivity index (χ0) is 39.0. The zero-order valence-electron chi connectivity index (χ0n) is 31.0. The van der Waals surface area contributed by atoms with Crippen LogP contribution < -0.4 is 24.8 Å². The summed E-state index contributed by atoms with van der Waals surface area (Å²) in [5.41, 5.74) is -2.23. The van der Waals surface area contributed by atoms with Crippen molar-refractivity contribution in [3.05, 3.63) is 53.8 Å². The molecule has 15 nitrogen and oxygen atoms in total. The average molecular weight is 771 g/mol. The summed E-state index contributed by atoms with van der Waals surface area (Å²) in [7, 11) is -2.76. The third kappa shape index (κ3) is 8.40. The molecule has 1 saturated carbocycles. The lowest BCUT2D eigenvalue weighted by atomic mass is 9.85. The fraction of sp³-hybridized carbons (Fsp3) is 0.500. The number of nitrogens with zero attached hydrogens (tertiary/aromatic N) is 3. The molecule has 17 heteroatoms. The van der Waals surface area contributed by atoms with Crippen molar-refractivity contribution in [3.8, 4) is 11.6 Å². The van der Waals surface area contributed by atoms with Crippen molar-refractivity contribution >= 4 is 55.9 Å². The SMILES string of the molecule is C=C[C@@H]1C[C@]1(NC(=O)[C@@H]1C[C@@H](Oc2nccc3cc(OC)ccc23)CN1C(=O)[C@@H](NC(=O)OC(C)C)C(C)(C)C)C(=O)NS(=O)(=O)c1sc(C)nc1C. The van der Waals surface area contributed by atoms with E-state index in [-0.39, 0.29) is 35.2 Å². The van der Waals surface area contributed by atoms with Crippen LogP contribution in [0.3, 0.4) is 0 Å². The predicted molar refractivity (Wildman–Crippen MR) is 197 cm³/mol. The van der Waals surface area contributed by atoms with Crippen molar-refractivity contribution in [2.75, 3.05) is 13.7 Å². The molecule has 0 unspecified atom stereocenters. The summed E-state index contributed by atoms with van der Waals surface area (Å²) >= 11 is 0.924. The van der Waals surface area contributed by atoms with Gasteiger partial charge in [-0.1, -0.05) is 26.8 Å². The standard InChI is InChI=1S/C36H46N6O9S2/c1-10-23-17-36(23,33(45)41-53(47,48)32-20(4)38-21(5)52-32)40-29(43)27-16-25(51-30-26-12-11-24(49-9)15-22(26)13-14-37-30)18-42(27)31(44)28(35(6,7)8)39-34(46)50-19(2)3/h10-15,19,23,25,27-28H,1,16-18H2,2-9H3,(H,39,46)(H,40,43)(H,41,45)/t23-,25-,27+,28-,36-/m1/s1. The number of nitrogens with one attached hydrogen (secondary N) is 3. The lowest BCUT2D eigenvalue weighted by Crippen LogP contribution is -2.60. The maximum atomic E-state index is 14.4. The molecule has 2 fully saturated rings. The Morgan fingerprint density at radius 2 is 1.87 bits per heavy atom. The summed E-state index contributed by atoms with van der Waals surface area (Å²) < 4.78 is 45.6. The first-order valence-electron chi connectivity index (χ1n) is 17.1. The van der Waals surface area contributed by atoms with Crippen molar-refractivity contribution in [2.45, 2.75) is 95.3 Å². The molecule has 2 aliphatic rings. The van der Waals surface area contributed by atoms with Crippen molar-refractivity contribution in [2.24, 2.45) is 11.3 Å². The summed E-state index contributed by atoms with van der Waals surface area (Å²) in [5, 5.41) is 7.43. The molecule has 3 aromatic rings. The number of amides is 4. The number of ether oxygens (including phenoxy) is 3. The number of carbonyl (C=O) groups is 4. The highest BCUT2D eigenvalue weighted by atomic mass is 32.2. The van der Waals surface area contributed by atoms with Gasteiger partial charge in [0.15, 0.2) is 4.21 Å². The minimum atomic E-state index is -4.32. The third-order valence-electron chi connectivity index (χ3n) is 9.16. The molecule has 5 atom stereocenters. The van der Waals surface area contributed by atoms with Crippen molar-refractivity contribution in [1.82, 2.24) is 30.2 Å². The van der Waals surface area contributed by atoms with E-state index in [0.717, 1.165) is 16.7 Å². The molecule has 5 rings (SSSR count). The molecule has 1 saturated heterocycles. The molecule has 286 valence electrons. The first-order valence-corrected chi connectivity index (χ1v) is 19.4. The number of sulfonamides is 1. The number of fused-ring (bicyclic) bond motifs is 1. The quantitative estimate of drug-likeness (QED) is 0.227. The number of likely N-dealkylation sites (tertiary alicyclic amines) is 1. The van der Waals surface area contributed by atoms with E-state index in [0.29, 0.717) is 16.1 Å². The molecule has 53 heavy (non-hydrogen) atoms. The van der Waals surface area contributed by atoms with Crippen LogP contribution in [0, 0.1) is 25.2 Å². The van der Waals surface area contributed by atoms with Crippen LogP contribution in [-0.4, -0.2) is 90.6 Å². The summed E-state index contributed by atoms with van der Waals surface area (Å²) in [4.78, 5) is 65.2. The van der Waals surface area contributed by atoms with Crippen molar-refractivity contribution in [3.63, 3.8) is 0 Å². The lowest BCUT2D eigenvalue weighted by Gasteiger charge is -2.35. The summed E-state index contributed by atoms with van der Waals surface area (Å²) in [6, 6.07) is 4.88. The largest absolute Gasteiger partial charge is 0.497 e. The Morgan fingerprint density at radius 1 is 1.15 bits per heavy atom. The highest BCUT2D eigenvalue weighted by molar-refractivity contribution is 7.92. The lowest BCUT2D eigenvalue weighted by molar-refractivity contribution is -0.142. The summed E-state index contributed by atoms with van der Waals surface area (Å²) in [6.07, 6.45) is 1.14. The maximum absolute atomic E-state index is 14.4. The van der Waals surface area contributed by atoms with Gasteiger partial charge in [0.25, 0.3) is 15.9 Å². The Hall–Kier alpha value is -4.77. The molecule has 3 N–H and O–H groups in total. The molecule has 0 radical (unpaired) electrons. The van der Waals surface area contributed by atoms with Crippen LogP contribution in [0.2, 0.25) is 0 Å². The van der Waals surface area contributed by atoms with Crippen molar-refractivity contribution < 1.29 is 41.8 Å². The van der Waals surface area contributed by atoms with Gasteiger partial charge in [-0.2, -0.15) is 0 Å². The highest BCUT2D eigenvalue weighted by Gasteiger charge is 2.61. The molecular formula is C36H46N6O9S2. The maximum Gasteiger partial charge on any atom is 0.408 e. The van der Waals surface area contributed by atoms with Gasteiger partial charge in [0.05, 0.1) is 30.5 Å². The van der Waals surface area contributed by atoms with Gasteiger partial charge in [-0.3, -0.25) is 14.4 Å². The van der Waals surface area contributed by atoms with E-state index in [1.54, 1.807) is 73.0 Å². The van der Waals surface area contributed by atoms with Gasteiger partial charge in [0.1, 0.15) is 29.5 Å². The van der Waals surface area contributed by atoms with Crippen LogP contribution >= 0.6 is 11.3 Å². The number of methoxy groups -OCH3 is 1. The molecular weight excluding hydrogens is 725 g/mol. The second-order valence-electron chi connectivity index (χ2n) is 14.6. The van der Waals surface area contributed by atoms with E-state index in [2.05, 4.69) is 31.9 Å². The molecule has 2 aromatic heterocycles. The number of pyridine rings is 1. The normalized spacial score (nSPS) is 21.8. The van der Waals surface area contributed by atoms with Crippen molar-refractivity contribution in [1.29, 1.82) is 0 Å². The van der Waals surface area contributed by atoms with E-state index >= 15 is 0 Å². The molecule has 0 spiro atoms. The number of hydrogen-bond acceptors (Lipinski definition) is 12. The Balaban J connectivity index is 1.45.